The molecule has 0 radical (unpaired) electrons. The van der Waals surface area contributed by atoms with Gasteiger partial charge >= 0.3 is 0 Å². The van der Waals surface area contributed by atoms with Gasteiger partial charge in [-0.1, -0.05) is 36.3 Å². The van der Waals surface area contributed by atoms with Gasteiger partial charge in [0.1, 0.15) is 0 Å². The Hall–Kier alpha value is -2.07. The summed E-state index contributed by atoms with van der Waals surface area (Å²) in [6.07, 6.45) is 14.1. The number of likely N-dealkylation sites (tertiary alicyclic amines) is 1. The van der Waals surface area contributed by atoms with E-state index in [1.807, 2.05) is 0 Å². The number of piperidine rings is 3. The van der Waals surface area contributed by atoms with Gasteiger partial charge in [-0.2, -0.15) is 0 Å². The van der Waals surface area contributed by atoms with Gasteiger partial charge in [0.2, 0.25) is 5.91 Å². The van der Waals surface area contributed by atoms with Crippen LogP contribution in [0.2, 0.25) is 0 Å². The number of rotatable bonds is 4. The van der Waals surface area contributed by atoms with E-state index in [1.165, 1.54) is 61.7 Å². The van der Waals surface area contributed by atoms with Crippen molar-refractivity contribution >= 4 is 16.8 Å². The van der Waals surface area contributed by atoms with Crippen LogP contribution in [-0.4, -0.2) is 52.0 Å². The molecule has 3 fully saturated rings. The maximum Gasteiger partial charge on any atom is 0.223 e. The quantitative estimate of drug-likeness (QED) is 0.575. The molecule has 4 heteroatoms. The molecule has 33 heavy (non-hydrogen) atoms. The van der Waals surface area contributed by atoms with Crippen molar-refractivity contribution in [3.8, 4) is 0 Å². The second-order valence-electron chi connectivity index (χ2n) is 11.3. The average molecular weight is 446 g/mol. The summed E-state index contributed by atoms with van der Waals surface area (Å²) in [5.74, 6) is 1.73. The van der Waals surface area contributed by atoms with Gasteiger partial charge in [-0.15, -0.1) is 0 Å². The fraction of sp³-hybridized carbons (Fsp3) is 0.621. The first kappa shape index (κ1) is 21.5. The highest BCUT2D eigenvalue weighted by atomic mass is 16.2. The van der Waals surface area contributed by atoms with Crippen LogP contribution in [-0.2, 0) is 11.2 Å². The first-order chi connectivity index (χ1) is 16.1. The second-order valence-corrected chi connectivity index (χ2v) is 11.3. The minimum atomic E-state index is 0.363. The molecule has 2 aromatic rings. The van der Waals surface area contributed by atoms with Gasteiger partial charge < -0.3 is 9.47 Å². The Morgan fingerprint density at radius 2 is 2.00 bits per heavy atom. The van der Waals surface area contributed by atoms with Crippen molar-refractivity contribution in [2.75, 3.05) is 19.6 Å². The molecule has 3 saturated heterocycles. The number of hydrogen-bond acceptors (Lipinski definition) is 2. The Balaban J connectivity index is 1.21. The summed E-state index contributed by atoms with van der Waals surface area (Å²) in [7, 11) is 0. The number of carbonyl (C=O) groups is 1. The summed E-state index contributed by atoms with van der Waals surface area (Å²) in [6, 6.07) is 10.2. The molecule has 6 rings (SSSR count). The lowest BCUT2D eigenvalue weighted by Crippen LogP contribution is -2.60. The smallest absolute Gasteiger partial charge is 0.223 e. The lowest BCUT2D eigenvalue weighted by Gasteiger charge is -2.54. The van der Waals surface area contributed by atoms with Crippen LogP contribution in [0.15, 0.2) is 42.1 Å². The van der Waals surface area contributed by atoms with E-state index in [0.717, 1.165) is 31.3 Å². The highest BCUT2D eigenvalue weighted by Crippen LogP contribution is 2.45. The lowest BCUT2D eigenvalue weighted by atomic mass is 9.68. The van der Waals surface area contributed by atoms with Crippen LogP contribution < -0.4 is 0 Å². The summed E-state index contributed by atoms with van der Waals surface area (Å²) in [6.45, 7) is 7.88. The maximum atomic E-state index is 13.6. The molecule has 3 aliphatic heterocycles. The Kier molecular flexibility index (Phi) is 5.60. The number of para-hydroxylation sites is 1. The zero-order valence-corrected chi connectivity index (χ0v) is 20.4. The third kappa shape index (κ3) is 3.75. The van der Waals surface area contributed by atoms with Crippen molar-refractivity contribution in [1.82, 2.24) is 14.4 Å². The molecule has 1 aliphatic carbocycles. The fourth-order valence-corrected chi connectivity index (χ4v) is 7.54. The number of benzene rings is 1. The Labute approximate surface area is 198 Å². The summed E-state index contributed by atoms with van der Waals surface area (Å²) >= 11 is 0. The molecule has 4 nitrogen and oxygen atoms in total. The van der Waals surface area contributed by atoms with E-state index in [9.17, 15) is 4.79 Å². The van der Waals surface area contributed by atoms with E-state index in [0.29, 0.717) is 30.3 Å². The van der Waals surface area contributed by atoms with Crippen LogP contribution in [0.25, 0.3) is 10.9 Å². The van der Waals surface area contributed by atoms with Crippen LogP contribution in [0.4, 0.5) is 0 Å². The largest absolute Gasteiger partial charge is 0.345 e. The Bertz CT molecular complexity index is 1070. The predicted octanol–water partition coefficient (Wildman–Crippen LogP) is 5.58. The average Bonchev–Trinajstić information content (AvgIpc) is 3.21. The van der Waals surface area contributed by atoms with E-state index in [2.05, 4.69) is 64.8 Å². The molecule has 0 spiro atoms. The molecular formula is C29H39N3O. The predicted molar refractivity (Wildman–Crippen MR) is 134 cm³/mol. The third-order valence-electron chi connectivity index (χ3n) is 8.97. The van der Waals surface area contributed by atoms with Crippen molar-refractivity contribution in [2.24, 2.45) is 11.8 Å². The summed E-state index contributed by atoms with van der Waals surface area (Å²) in [5, 5.41) is 1.31. The Morgan fingerprint density at radius 3 is 2.88 bits per heavy atom. The molecule has 2 bridgehead atoms. The topological polar surface area (TPSA) is 28.5 Å². The zero-order chi connectivity index (χ0) is 22.5. The summed E-state index contributed by atoms with van der Waals surface area (Å²) in [4.78, 5) is 18.7. The monoisotopic (exact) mass is 445 g/mol. The molecule has 1 aromatic carbocycles. The van der Waals surface area contributed by atoms with Gasteiger partial charge in [0.25, 0.3) is 0 Å². The molecule has 176 valence electrons. The molecule has 4 atom stereocenters. The number of nitrogens with zero attached hydrogens (tertiary/aromatic N) is 3. The van der Waals surface area contributed by atoms with Crippen molar-refractivity contribution in [2.45, 2.75) is 83.3 Å². The minimum Gasteiger partial charge on any atom is -0.345 e. The Morgan fingerprint density at radius 1 is 1.12 bits per heavy atom. The summed E-state index contributed by atoms with van der Waals surface area (Å²) < 4.78 is 2.36. The van der Waals surface area contributed by atoms with E-state index >= 15 is 0 Å². The lowest BCUT2D eigenvalue weighted by molar-refractivity contribution is -0.136. The molecule has 1 aromatic heterocycles. The van der Waals surface area contributed by atoms with Gasteiger partial charge in [0.05, 0.1) is 6.04 Å². The van der Waals surface area contributed by atoms with Crippen LogP contribution in [0.3, 0.4) is 0 Å². The SMILES string of the molecule is CC(C)n1cc(CCC(=O)N2CCCC3=C[C@H]4C[C@@H](CN5CCCC[C@H]45)[C@@H]32)c2ccccc21. The van der Waals surface area contributed by atoms with Crippen molar-refractivity contribution in [3.63, 3.8) is 0 Å². The number of carbonyl (C=O) groups excluding carboxylic acids is 1. The number of fused-ring (bicyclic) bond motifs is 7. The molecule has 0 unspecified atom stereocenters. The number of hydrogen-bond donors (Lipinski definition) is 0. The number of aromatic nitrogens is 1. The van der Waals surface area contributed by atoms with Crippen LogP contribution in [0.1, 0.15) is 70.4 Å². The first-order valence-electron chi connectivity index (χ1n) is 13.4. The van der Waals surface area contributed by atoms with E-state index in [4.69, 9.17) is 0 Å². The normalized spacial score (nSPS) is 29.7. The highest BCUT2D eigenvalue weighted by Gasteiger charge is 2.46. The molecule has 4 heterocycles. The van der Waals surface area contributed by atoms with Crippen molar-refractivity contribution in [1.29, 1.82) is 0 Å². The van der Waals surface area contributed by atoms with Crippen molar-refractivity contribution < 1.29 is 4.79 Å². The van der Waals surface area contributed by atoms with Gasteiger partial charge in [-0.25, -0.2) is 0 Å². The van der Waals surface area contributed by atoms with Gasteiger partial charge in [-0.3, -0.25) is 9.69 Å². The van der Waals surface area contributed by atoms with E-state index in [-0.39, 0.29) is 0 Å². The molecule has 0 N–H and O–H groups in total. The van der Waals surface area contributed by atoms with Crippen LogP contribution in [0, 0.1) is 11.8 Å². The van der Waals surface area contributed by atoms with Crippen LogP contribution >= 0.6 is 0 Å². The highest BCUT2D eigenvalue weighted by molar-refractivity contribution is 5.85. The van der Waals surface area contributed by atoms with E-state index in [1.54, 1.807) is 5.57 Å². The minimum absolute atomic E-state index is 0.363. The number of aryl methyl sites for hydroxylation is 1. The molecule has 4 aliphatic rings. The van der Waals surface area contributed by atoms with Gasteiger partial charge in [0.15, 0.2) is 0 Å². The van der Waals surface area contributed by atoms with E-state index < -0.39 is 0 Å². The summed E-state index contributed by atoms with van der Waals surface area (Å²) in [5.41, 5.74) is 4.20. The second kappa shape index (κ2) is 8.61. The third-order valence-corrected chi connectivity index (χ3v) is 8.97. The number of amides is 1. The zero-order valence-electron chi connectivity index (χ0n) is 20.4. The van der Waals surface area contributed by atoms with Gasteiger partial charge in [-0.05, 0) is 82.4 Å². The first-order valence-corrected chi connectivity index (χ1v) is 13.4. The molecule has 0 saturated carbocycles. The standard InChI is InChI=1S/C29H39N3O/c1-20(2)32-19-22(25-9-3-4-11-27(25)32)12-13-28(33)31-15-7-8-21-16-23-17-24(29(21)31)18-30-14-6-5-10-26(23)30/h3-4,9,11,16,19-20,23-24,26,29H,5-8,10,12-15,17-18H2,1-2H3/t23-,24-,26+,29+/m0/s1. The van der Waals surface area contributed by atoms with Gasteiger partial charge in [0, 0.05) is 48.7 Å². The molecule has 1 amide bonds. The molecular weight excluding hydrogens is 406 g/mol. The maximum absolute atomic E-state index is 13.6. The van der Waals surface area contributed by atoms with Crippen LogP contribution in [0.5, 0.6) is 0 Å². The fourth-order valence-electron chi connectivity index (χ4n) is 7.54. The van der Waals surface area contributed by atoms with Crippen molar-refractivity contribution in [3.05, 3.63) is 47.7 Å².